The third-order valence-electron chi connectivity index (χ3n) is 6.34. The van der Waals surface area contributed by atoms with Gasteiger partial charge in [0, 0.05) is 43.8 Å². The summed E-state index contributed by atoms with van der Waals surface area (Å²) in [6.07, 6.45) is 1.74. The van der Waals surface area contributed by atoms with Crippen LogP contribution in [-0.4, -0.2) is 36.0 Å². The predicted octanol–water partition coefficient (Wildman–Crippen LogP) is 3.54. The second-order valence-electron chi connectivity index (χ2n) is 8.79. The van der Waals surface area contributed by atoms with Gasteiger partial charge in [-0.25, -0.2) is 0 Å². The fourth-order valence-corrected chi connectivity index (χ4v) is 4.23. The average Bonchev–Trinajstić information content (AvgIpc) is 2.85. The summed E-state index contributed by atoms with van der Waals surface area (Å²) in [5.41, 5.74) is 17.2. The molecule has 1 heterocycles. The summed E-state index contributed by atoms with van der Waals surface area (Å²) < 4.78 is 0. The molecule has 1 aliphatic rings. The molecule has 4 rings (SSSR count). The highest BCUT2D eigenvalue weighted by atomic mass is 16.1. The number of rotatable bonds is 7. The van der Waals surface area contributed by atoms with E-state index in [9.17, 15) is 4.79 Å². The molecule has 5 N–H and O–H groups in total. The number of nitrogens with two attached hydrogens (primary N) is 2. The topological polar surface area (TPSA) is 84.4 Å². The highest BCUT2D eigenvalue weighted by Crippen LogP contribution is 2.22. The van der Waals surface area contributed by atoms with Crippen molar-refractivity contribution < 1.29 is 4.79 Å². The lowest BCUT2D eigenvalue weighted by atomic mass is 9.88. The van der Waals surface area contributed by atoms with E-state index in [-0.39, 0.29) is 11.4 Å². The molecule has 0 spiro atoms. The second-order valence-corrected chi connectivity index (χ2v) is 8.79. The van der Waals surface area contributed by atoms with Gasteiger partial charge in [0.05, 0.1) is 0 Å². The monoisotopic (exact) mass is 428 g/mol. The molecule has 32 heavy (non-hydrogen) atoms. The Balaban J connectivity index is 1.29. The first kappa shape index (κ1) is 22.2. The van der Waals surface area contributed by atoms with E-state index in [2.05, 4.69) is 46.6 Å². The van der Waals surface area contributed by atoms with Gasteiger partial charge >= 0.3 is 0 Å². The van der Waals surface area contributed by atoms with Crippen LogP contribution in [0.15, 0.2) is 78.9 Å². The van der Waals surface area contributed by atoms with Crippen molar-refractivity contribution in [2.75, 3.05) is 19.6 Å². The largest absolute Gasteiger partial charge is 0.350 e. The van der Waals surface area contributed by atoms with Crippen LogP contribution in [0, 0.1) is 0 Å². The van der Waals surface area contributed by atoms with Crippen LogP contribution in [-0.2, 0) is 13.1 Å². The van der Waals surface area contributed by atoms with Gasteiger partial charge in [-0.2, -0.15) is 0 Å². The molecule has 0 unspecified atom stereocenters. The van der Waals surface area contributed by atoms with Crippen molar-refractivity contribution >= 4 is 5.91 Å². The zero-order valence-corrected chi connectivity index (χ0v) is 18.5. The predicted molar refractivity (Wildman–Crippen MR) is 130 cm³/mol. The molecule has 3 aromatic carbocycles. The van der Waals surface area contributed by atoms with Crippen LogP contribution in [0.1, 0.15) is 34.3 Å². The number of piperidine rings is 1. The number of carbonyl (C=O) groups excluding carboxylic acids is 1. The Bertz CT molecular complexity index is 1030. The molecule has 5 heteroatoms. The van der Waals surface area contributed by atoms with Gasteiger partial charge < -0.3 is 16.8 Å². The number of nitrogens with zero attached hydrogens (tertiary/aromatic N) is 1. The Morgan fingerprint density at radius 1 is 0.875 bits per heavy atom. The first-order chi connectivity index (χ1) is 15.5. The van der Waals surface area contributed by atoms with Gasteiger partial charge in [0.15, 0.2) is 0 Å². The summed E-state index contributed by atoms with van der Waals surface area (Å²) in [5.74, 6) is -0.0798. The summed E-state index contributed by atoms with van der Waals surface area (Å²) in [4.78, 5) is 15.1. The minimum Gasteiger partial charge on any atom is -0.350 e. The van der Waals surface area contributed by atoms with E-state index in [1.54, 1.807) is 0 Å². The van der Waals surface area contributed by atoms with Gasteiger partial charge in [0.25, 0.3) is 5.91 Å². The SMILES string of the molecule is NCc1cccc(-c2ccc(C(=O)NCC3(N)CCN(Cc4ccccc4)CC3)cc2)c1. The maximum Gasteiger partial charge on any atom is 0.251 e. The number of hydrogen-bond donors (Lipinski definition) is 3. The summed E-state index contributed by atoms with van der Waals surface area (Å²) >= 11 is 0. The highest BCUT2D eigenvalue weighted by molar-refractivity contribution is 5.94. The van der Waals surface area contributed by atoms with Crippen LogP contribution in [0.25, 0.3) is 11.1 Å². The summed E-state index contributed by atoms with van der Waals surface area (Å²) in [6, 6.07) is 26.3. The van der Waals surface area contributed by atoms with Gasteiger partial charge in [-0.15, -0.1) is 0 Å². The molecule has 166 valence electrons. The van der Waals surface area contributed by atoms with Crippen molar-refractivity contribution in [2.45, 2.75) is 31.5 Å². The summed E-state index contributed by atoms with van der Waals surface area (Å²) in [5, 5.41) is 3.05. The fourth-order valence-electron chi connectivity index (χ4n) is 4.23. The van der Waals surface area contributed by atoms with E-state index in [0.717, 1.165) is 49.2 Å². The normalized spacial score (nSPS) is 15.9. The molecule has 0 aromatic heterocycles. The Morgan fingerprint density at radius 2 is 1.56 bits per heavy atom. The molecule has 1 aliphatic heterocycles. The van der Waals surface area contributed by atoms with E-state index >= 15 is 0 Å². The molecule has 0 aliphatic carbocycles. The van der Waals surface area contributed by atoms with Crippen LogP contribution in [0.3, 0.4) is 0 Å². The Morgan fingerprint density at radius 3 is 2.25 bits per heavy atom. The Hall–Kier alpha value is -2.99. The maximum absolute atomic E-state index is 12.7. The number of nitrogens with one attached hydrogen (secondary N) is 1. The molecule has 0 saturated carbocycles. The van der Waals surface area contributed by atoms with E-state index in [4.69, 9.17) is 11.5 Å². The molecule has 3 aromatic rings. The van der Waals surface area contributed by atoms with E-state index in [0.29, 0.717) is 18.7 Å². The molecule has 5 nitrogen and oxygen atoms in total. The molecular formula is C27H32N4O. The first-order valence-electron chi connectivity index (χ1n) is 11.3. The number of hydrogen-bond acceptors (Lipinski definition) is 4. The molecule has 1 fully saturated rings. The van der Waals surface area contributed by atoms with Crippen LogP contribution in [0.5, 0.6) is 0 Å². The summed E-state index contributed by atoms with van der Waals surface area (Å²) in [7, 11) is 0. The molecular weight excluding hydrogens is 396 g/mol. The number of carbonyl (C=O) groups is 1. The van der Waals surface area contributed by atoms with Crippen LogP contribution >= 0.6 is 0 Å². The zero-order chi connectivity index (χ0) is 22.4. The maximum atomic E-state index is 12.7. The minimum atomic E-state index is -0.356. The van der Waals surface area contributed by atoms with E-state index in [1.165, 1.54) is 5.56 Å². The van der Waals surface area contributed by atoms with Crippen molar-refractivity contribution in [3.8, 4) is 11.1 Å². The molecule has 1 amide bonds. The van der Waals surface area contributed by atoms with Gasteiger partial charge in [-0.3, -0.25) is 9.69 Å². The van der Waals surface area contributed by atoms with Gasteiger partial charge in [-0.1, -0.05) is 60.7 Å². The lowest BCUT2D eigenvalue weighted by molar-refractivity contribution is 0.0922. The van der Waals surface area contributed by atoms with E-state index in [1.807, 2.05) is 42.5 Å². The molecule has 0 bridgehead atoms. The molecule has 1 saturated heterocycles. The Kier molecular flexibility index (Phi) is 7.00. The molecule has 0 radical (unpaired) electrons. The lowest BCUT2D eigenvalue weighted by Gasteiger charge is -2.39. The molecule has 0 atom stereocenters. The fraction of sp³-hybridized carbons (Fsp3) is 0.296. The van der Waals surface area contributed by atoms with Crippen molar-refractivity contribution in [1.29, 1.82) is 0 Å². The lowest BCUT2D eigenvalue weighted by Crippen LogP contribution is -2.56. The smallest absolute Gasteiger partial charge is 0.251 e. The van der Waals surface area contributed by atoms with Crippen molar-refractivity contribution in [3.63, 3.8) is 0 Å². The zero-order valence-electron chi connectivity index (χ0n) is 18.5. The third kappa shape index (κ3) is 5.62. The van der Waals surface area contributed by atoms with Crippen LogP contribution < -0.4 is 16.8 Å². The van der Waals surface area contributed by atoms with Gasteiger partial charge in [0.1, 0.15) is 0 Å². The van der Waals surface area contributed by atoms with E-state index < -0.39 is 0 Å². The minimum absolute atomic E-state index is 0.0798. The second kappa shape index (κ2) is 10.1. The number of likely N-dealkylation sites (tertiary alicyclic amines) is 1. The standard InChI is InChI=1S/C27H32N4O/c28-18-22-7-4-8-25(17-22)23-9-11-24(12-10-23)26(32)30-20-27(29)13-15-31(16-14-27)19-21-5-2-1-3-6-21/h1-12,17H,13-16,18-20,28-29H2,(H,30,32). The first-order valence-corrected chi connectivity index (χ1v) is 11.3. The Labute approximate surface area is 190 Å². The van der Waals surface area contributed by atoms with Crippen molar-refractivity contribution in [3.05, 3.63) is 95.6 Å². The van der Waals surface area contributed by atoms with Crippen molar-refractivity contribution in [2.24, 2.45) is 11.5 Å². The third-order valence-corrected chi connectivity index (χ3v) is 6.34. The number of amides is 1. The highest BCUT2D eigenvalue weighted by Gasteiger charge is 2.31. The average molecular weight is 429 g/mol. The van der Waals surface area contributed by atoms with Gasteiger partial charge in [0.2, 0.25) is 0 Å². The van der Waals surface area contributed by atoms with Crippen molar-refractivity contribution in [1.82, 2.24) is 10.2 Å². The van der Waals surface area contributed by atoms with Crippen LogP contribution in [0.2, 0.25) is 0 Å². The summed E-state index contributed by atoms with van der Waals surface area (Å²) in [6.45, 7) is 3.84. The van der Waals surface area contributed by atoms with Gasteiger partial charge in [-0.05, 0) is 53.3 Å². The van der Waals surface area contributed by atoms with Crippen LogP contribution in [0.4, 0.5) is 0 Å². The quantitative estimate of drug-likeness (QED) is 0.537. The number of benzene rings is 3.